The molecule has 0 aliphatic heterocycles. The van der Waals surface area contributed by atoms with Gasteiger partial charge in [-0.3, -0.25) is 4.68 Å². The highest BCUT2D eigenvalue weighted by atomic mass is 79.9. The molecular formula is C12H13BrFN3. The van der Waals surface area contributed by atoms with Crippen LogP contribution in [0.5, 0.6) is 0 Å². The molecule has 1 heterocycles. The smallest absolute Gasteiger partial charge is 0.125 e. The van der Waals surface area contributed by atoms with E-state index in [9.17, 15) is 4.39 Å². The van der Waals surface area contributed by atoms with Crippen LogP contribution in [-0.2, 0) is 13.1 Å². The summed E-state index contributed by atoms with van der Waals surface area (Å²) in [6, 6.07) is 4.58. The number of nitrogens with zero attached hydrogens (tertiary/aromatic N) is 2. The lowest BCUT2D eigenvalue weighted by Crippen LogP contribution is -2.00. The monoisotopic (exact) mass is 297 g/mol. The van der Waals surface area contributed by atoms with E-state index in [-0.39, 0.29) is 5.82 Å². The Morgan fingerprint density at radius 3 is 3.00 bits per heavy atom. The van der Waals surface area contributed by atoms with Crippen LogP contribution >= 0.6 is 15.9 Å². The molecule has 2 aromatic rings. The molecule has 1 aromatic heterocycles. The fourth-order valence-electron chi connectivity index (χ4n) is 1.50. The van der Waals surface area contributed by atoms with Crippen molar-refractivity contribution in [1.82, 2.24) is 9.78 Å². The Kier molecular flexibility index (Phi) is 3.78. The fraction of sp³-hybridized carbons (Fsp3) is 0.250. The quantitative estimate of drug-likeness (QED) is 0.937. The molecule has 0 saturated heterocycles. The van der Waals surface area contributed by atoms with Crippen molar-refractivity contribution in [3.63, 3.8) is 0 Å². The van der Waals surface area contributed by atoms with Crippen LogP contribution in [0.1, 0.15) is 12.5 Å². The van der Waals surface area contributed by atoms with E-state index in [4.69, 9.17) is 0 Å². The molecule has 1 N–H and O–H groups in total. The van der Waals surface area contributed by atoms with Gasteiger partial charge in [-0.2, -0.15) is 5.10 Å². The molecule has 0 bridgehead atoms. The zero-order valence-corrected chi connectivity index (χ0v) is 11.0. The van der Waals surface area contributed by atoms with Crippen molar-refractivity contribution in [3.05, 3.63) is 46.4 Å². The molecule has 2 rings (SSSR count). The first kappa shape index (κ1) is 12.1. The molecule has 1 aromatic carbocycles. The molecule has 0 atom stereocenters. The number of nitrogens with one attached hydrogen (secondary N) is 1. The Balaban J connectivity index is 2.04. The number of anilines is 1. The molecule has 0 aliphatic rings. The SMILES string of the molecule is CCn1cc(CNc2cc(F)ccc2Br)cn1. The number of hydrogen-bond acceptors (Lipinski definition) is 2. The Morgan fingerprint density at radius 2 is 2.29 bits per heavy atom. The van der Waals surface area contributed by atoms with Crippen molar-refractivity contribution in [2.75, 3.05) is 5.32 Å². The molecule has 3 nitrogen and oxygen atoms in total. The van der Waals surface area contributed by atoms with Crippen LogP contribution in [0.15, 0.2) is 35.1 Å². The minimum absolute atomic E-state index is 0.250. The molecule has 0 fully saturated rings. The summed E-state index contributed by atoms with van der Waals surface area (Å²) in [5.74, 6) is -0.250. The lowest BCUT2D eigenvalue weighted by Gasteiger charge is -2.07. The topological polar surface area (TPSA) is 29.9 Å². The van der Waals surface area contributed by atoms with Gasteiger partial charge in [0.15, 0.2) is 0 Å². The van der Waals surface area contributed by atoms with Crippen LogP contribution in [0.2, 0.25) is 0 Å². The number of halogens is 2. The summed E-state index contributed by atoms with van der Waals surface area (Å²) in [5, 5.41) is 7.35. The summed E-state index contributed by atoms with van der Waals surface area (Å²) in [6.07, 6.45) is 3.78. The van der Waals surface area contributed by atoms with E-state index < -0.39 is 0 Å². The zero-order valence-electron chi connectivity index (χ0n) is 9.45. The van der Waals surface area contributed by atoms with Crippen LogP contribution in [0.3, 0.4) is 0 Å². The summed E-state index contributed by atoms with van der Waals surface area (Å²) in [4.78, 5) is 0. The molecule has 0 aliphatic carbocycles. The number of aryl methyl sites for hydroxylation is 1. The maximum atomic E-state index is 13.1. The van der Waals surface area contributed by atoms with Crippen LogP contribution < -0.4 is 5.32 Å². The van der Waals surface area contributed by atoms with Gasteiger partial charge in [-0.05, 0) is 41.1 Å². The first-order chi connectivity index (χ1) is 8.19. The van der Waals surface area contributed by atoms with E-state index in [0.717, 1.165) is 22.3 Å². The molecule has 17 heavy (non-hydrogen) atoms. The average Bonchev–Trinajstić information content (AvgIpc) is 2.78. The minimum Gasteiger partial charge on any atom is -0.380 e. The van der Waals surface area contributed by atoms with E-state index in [2.05, 4.69) is 26.3 Å². The molecule has 0 radical (unpaired) electrons. The van der Waals surface area contributed by atoms with Gasteiger partial charge in [0.2, 0.25) is 0 Å². The summed E-state index contributed by atoms with van der Waals surface area (Å²) in [6.45, 7) is 3.51. The maximum absolute atomic E-state index is 13.1. The van der Waals surface area contributed by atoms with Crippen molar-refractivity contribution in [1.29, 1.82) is 0 Å². The van der Waals surface area contributed by atoms with Gasteiger partial charge in [-0.1, -0.05) is 0 Å². The van der Waals surface area contributed by atoms with Gasteiger partial charge in [0.25, 0.3) is 0 Å². The van der Waals surface area contributed by atoms with Crippen LogP contribution in [0, 0.1) is 5.82 Å². The number of rotatable bonds is 4. The Morgan fingerprint density at radius 1 is 1.47 bits per heavy atom. The van der Waals surface area contributed by atoms with E-state index in [1.165, 1.54) is 12.1 Å². The molecule has 0 amide bonds. The molecule has 0 spiro atoms. The predicted octanol–water partition coefficient (Wildman–Crippen LogP) is 3.42. The molecular weight excluding hydrogens is 285 g/mol. The van der Waals surface area contributed by atoms with Crippen LogP contribution in [0.4, 0.5) is 10.1 Å². The van der Waals surface area contributed by atoms with Gasteiger partial charge >= 0.3 is 0 Å². The molecule has 0 unspecified atom stereocenters. The first-order valence-electron chi connectivity index (χ1n) is 5.39. The van der Waals surface area contributed by atoms with E-state index in [0.29, 0.717) is 6.54 Å². The highest BCUT2D eigenvalue weighted by Crippen LogP contribution is 2.23. The summed E-state index contributed by atoms with van der Waals surface area (Å²) < 4.78 is 15.8. The van der Waals surface area contributed by atoms with Crippen molar-refractivity contribution in [3.8, 4) is 0 Å². The second-order valence-electron chi connectivity index (χ2n) is 3.68. The normalized spacial score (nSPS) is 10.5. The second kappa shape index (κ2) is 5.31. The van der Waals surface area contributed by atoms with E-state index in [1.54, 1.807) is 6.07 Å². The maximum Gasteiger partial charge on any atom is 0.125 e. The van der Waals surface area contributed by atoms with Gasteiger partial charge in [0.05, 0.1) is 11.9 Å². The van der Waals surface area contributed by atoms with Crippen molar-refractivity contribution in [2.24, 2.45) is 0 Å². The van der Waals surface area contributed by atoms with E-state index >= 15 is 0 Å². The first-order valence-corrected chi connectivity index (χ1v) is 6.18. The highest BCUT2D eigenvalue weighted by molar-refractivity contribution is 9.10. The van der Waals surface area contributed by atoms with Crippen molar-refractivity contribution >= 4 is 21.6 Å². The van der Waals surface area contributed by atoms with Crippen LogP contribution in [0.25, 0.3) is 0 Å². The largest absolute Gasteiger partial charge is 0.380 e. The number of benzene rings is 1. The van der Waals surface area contributed by atoms with Gasteiger partial charge in [0.1, 0.15) is 5.82 Å². The highest BCUT2D eigenvalue weighted by Gasteiger charge is 2.02. The summed E-state index contributed by atoms with van der Waals surface area (Å²) in [5.41, 5.74) is 1.82. The molecule has 5 heteroatoms. The standard InChI is InChI=1S/C12H13BrFN3/c1-2-17-8-9(7-16-17)6-15-12-5-10(14)3-4-11(12)13/h3-5,7-8,15H,2,6H2,1H3. The zero-order chi connectivity index (χ0) is 12.3. The van der Waals surface area contributed by atoms with E-state index in [1.807, 2.05) is 24.0 Å². The fourth-order valence-corrected chi connectivity index (χ4v) is 1.89. The van der Waals surface area contributed by atoms with Gasteiger partial charge in [-0.25, -0.2) is 4.39 Å². The molecule has 90 valence electrons. The predicted molar refractivity (Wildman–Crippen MR) is 69.3 cm³/mol. The Labute approximate surface area is 108 Å². The average molecular weight is 298 g/mol. The second-order valence-corrected chi connectivity index (χ2v) is 4.54. The van der Waals surface area contributed by atoms with Gasteiger partial charge < -0.3 is 5.32 Å². The van der Waals surface area contributed by atoms with Crippen LogP contribution in [-0.4, -0.2) is 9.78 Å². The van der Waals surface area contributed by atoms with Gasteiger partial charge in [-0.15, -0.1) is 0 Å². The third-order valence-electron chi connectivity index (χ3n) is 2.42. The third-order valence-corrected chi connectivity index (χ3v) is 3.11. The number of hydrogen-bond donors (Lipinski definition) is 1. The Hall–Kier alpha value is -1.36. The third kappa shape index (κ3) is 3.06. The minimum atomic E-state index is -0.250. The molecule has 0 saturated carbocycles. The van der Waals surface area contributed by atoms with Gasteiger partial charge in [0, 0.05) is 29.3 Å². The van der Waals surface area contributed by atoms with Crippen molar-refractivity contribution in [2.45, 2.75) is 20.0 Å². The summed E-state index contributed by atoms with van der Waals surface area (Å²) in [7, 11) is 0. The van der Waals surface area contributed by atoms with Crippen molar-refractivity contribution < 1.29 is 4.39 Å². The lowest BCUT2D eigenvalue weighted by atomic mass is 10.3. The Bertz CT molecular complexity index is 510. The lowest BCUT2D eigenvalue weighted by molar-refractivity contribution is 0.628. The summed E-state index contributed by atoms with van der Waals surface area (Å²) >= 11 is 3.37. The number of aromatic nitrogens is 2.